The molecule has 1 aromatic carbocycles. The molecule has 0 bridgehead atoms. The van der Waals surface area contributed by atoms with Gasteiger partial charge in [-0.15, -0.1) is 11.3 Å². The van der Waals surface area contributed by atoms with Crippen LogP contribution in [-0.4, -0.2) is 10.9 Å². The van der Waals surface area contributed by atoms with Crippen LogP contribution in [0.2, 0.25) is 0 Å². The molecular weight excluding hydrogens is 369 g/mol. The molecule has 0 unspecified atom stereocenters. The maximum Gasteiger partial charge on any atom is 0.417 e. The molecule has 8 heteroatoms. The Labute approximate surface area is 131 Å². The van der Waals surface area contributed by atoms with Crippen LogP contribution in [0.25, 0.3) is 0 Å². The van der Waals surface area contributed by atoms with Gasteiger partial charge in [-0.25, -0.2) is 4.98 Å². The van der Waals surface area contributed by atoms with Crippen molar-refractivity contribution in [2.45, 2.75) is 19.6 Å². The predicted octanol–water partition coefficient (Wildman–Crippen LogP) is 4.16. The Bertz CT molecular complexity index is 670. The van der Waals surface area contributed by atoms with Crippen molar-refractivity contribution in [3.63, 3.8) is 0 Å². The Morgan fingerprint density at radius 1 is 1.43 bits per heavy atom. The summed E-state index contributed by atoms with van der Waals surface area (Å²) >= 11 is 4.22. The van der Waals surface area contributed by atoms with E-state index in [1.807, 2.05) is 12.3 Å². The summed E-state index contributed by atoms with van der Waals surface area (Å²) in [5, 5.41) is 5.09. The number of benzene rings is 1. The first-order chi connectivity index (χ1) is 9.77. The summed E-state index contributed by atoms with van der Waals surface area (Å²) in [4.78, 5) is 16.1. The molecular formula is C13H10BrF3N2OS. The van der Waals surface area contributed by atoms with Crippen molar-refractivity contribution < 1.29 is 18.0 Å². The minimum atomic E-state index is -4.51. The van der Waals surface area contributed by atoms with E-state index >= 15 is 0 Å². The topological polar surface area (TPSA) is 42.0 Å². The molecule has 0 aliphatic rings. The van der Waals surface area contributed by atoms with Crippen LogP contribution >= 0.6 is 27.3 Å². The zero-order chi connectivity index (χ0) is 15.6. The molecule has 0 aliphatic carbocycles. The third-order valence-electron chi connectivity index (χ3n) is 2.60. The van der Waals surface area contributed by atoms with Crippen molar-refractivity contribution in [2.24, 2.45) is 0 Å². The highest BCUT2D eigenvalue weighted by atomic mass is 79.9. The lowest BCUT2D eigenvalue weighted by Gasteiger charge is -2.11. The monoisotopic (exact) mass is 378 g/mol. The Kier molecular flexibility index (Phi) is 4.67. The third kappa shape index (κ3) is 4.04. The first-order valence-electron chi connectivity index (χ1n) is 5.83. The first-order valence-corrected chi connectivity index (χ1v) is 7.50. The number of hydrogen-bond acceptors (Lipinski definition) is 3. The number of alkyl halides is 3. The number of halogens is 4. The summed E-state index contributed by atoms with van der Waals surface area (Å²) in [6.07, 6.45) is -4.51. The van der Waals surface area contributed by atoms with Gasteiger partial charge < -0.3 is 5.32 Å². The summed E-state index contributed by atoms with van der Waals surface area (Å²) in [5.41, 5.74) is -0.0775. The largest absolute Gasteiger partial charge is 0.417 e. The molecule has 0 spiro atoms. The van der Waals surface area contributed by atoms with E-state index in [-0.39, 0.29) is 16.6 Å². The van der Waals surface area contributed by atoms with E-state index in [1.165, 1.54) is 23.5 Å². The lowest BCUT2D eigenvalue weighted by molar-refractivity contribution is -0.138. The van der Waals surface area contributed by atoms with Gasteiger partial charge in [0.05, 0.1) is 12.1 Å². The number of nitrogens with one attached hydrogen (secondary N) is 1. The van der Waals surface area contributed by atoms with Gasteiger partial charge in [0.1, 0.15) is 5.01 Å². The number of aromatic nitrogens is 1. The first kappa shape index (κ1) is 16.0. The van der Waals surface area contributed by atoms with Gasteiger partial charge in [-0.05, 0) is 25.1 Å². The lowest BCUT2D eigenvalue weighted by Crippen LogP contribution is -2.23. The lowest BCUT2D eigenvalue weighted by atomic mass is 10.1. The smallest absolute Gasteiger partial charge is 0.346 e. The fraction of sp³-hybridized carbons (Fsp3) is 0.231. The van der Waals surface area contributed by atoms with E-state index in [4.69, 9.17) is 0 Å². The molecule has 21 heavy (non-hydrogen) atoms. The molecule has 1 aromatic heterocycles. The standard InChI is InChI=1S/C13H10BrF3N2OS/c1-7-6-21-11(19-7)5-18-12(20)8-2-3-10(14)9(4-8)13(15,16)17/h2-4,6H,5H2,1H3,(H,18,20). The van der Waals surface area contributed by atoms with Crippen LogP contribution in [0.3, 0.4) is 0 Å². The Morgan fingerprint density at radius 3 is 2.71 bits per heavy atom. The Balaban J connectivity index is 2.12. The van der Waals surface area contributed by atoms with E-state index in [9.17, 15) is 18.0 Å². The van der Waals surface area contributed by atoms with Crippen molar-refractivity contribution in [3.05, 3.63) is 49.9 Å². The van der Waals surface area contributed by atoms with Gasteiger partial charge in [0, 0.05) is 21.1 Å². The molecule has 112 valence electrons. The van der Waals surface area contributed by atoms with Gasteiger partial charge in [-0.2, -0.15) is 13.2 Å². The minimum absolute atomic E-state index is 0.0428. The summed E-state index contributed by atoms with van der Waals surface area (Å²) in [6.45, 7) is 2.01. The number of thiazole rings is 1. The van der Waals surface area contributed by atoms with Crippen molar-refractivity contribution in [1.82, 2.24) is 10.3 Å². The Hall–Kier alpha value is -1.41. The highest BCUT2D eigenvalue weighted by molar-refractivity contribution is 9.10. The normalized spacial score (nSPS) is 11.5. The highest BCUT2D eigenvalue weighted by Gasteiger charge is 2.33. The summed E-state index contributed by atoms with van der Waals surface area (Å²) < 4.78 is 38.2. The van der Waals surface area contributed by atoms with E-state index in [2.05, 4.69) is 26.2 Å². The molecule has 1 heterocycles. The van der Waals surface area contributed by atoms with Crippen LogP contribution in [0.15, 0.2) is 28.1 Å². The minimum Gasteiger partial charge on any atom is -0.346 e. The zero-order valence-electron chi connectivity index (χ0n) is 10.8. The van der Waals surface area contributed by atoms with Gasteiger partial charge in [-0.3, -0.25) is 4.79 Å². The molecule has 2 rings (SSSR count). The second-order valence-corrected chi connectivity index (χ2v) is 6.05. The summed E-state index contributed by atoms with van der Waals surface area (Å²) in [6, 6.07) is 3.37. The van der Waals surface area contributed by atoms with Crippen LogP contribution in [0.4, 0.5) is 13.2 Å². The third-order valence-corrected chi connectivity index (χ3v) is 4.26. The highest BCUT2D eigenvalue weighted by Crippen LogP contribution is 2.35. The number of carbonyl (C=O) groups excluding carboxylic acids is 1. The molecule has 1 amide bonds. The van der Waals surface area contributed by atoms with E-state index in [0.29, 0.717) is 5.01 Å². The van der Waals surface area contributed by atoms with Gasteiger partial charge in [0.25, 0.3) is 5.91 Å². The second kappa shape index (κ2) is 6.15. The van der Waals surface area contributed by atoms with Crippen LogP contribution in [0.5, 0.6) is 0 Å². The van der Waals surface area contributed by atoms with E-state index in [1.54, 1.807) is 0 Å². The molecule has 0 atom stereocenters. The predicted molar refractivity (Wildman–Crippen MR) is 77.2 cm³/mol. The molecule has 0 fully saturated rings. The van der Waals surface area contributed by atoms with Gasteiger partial charge >= 0.3 is 6.18 Å². The average Bonchev–Trinajstić information content (AvgIpc) is 2.81. The van der Waals surface area contributed by atoms with Crippen LogP contribution in [0.1, 0.15) is 26.6 Å². The number of hydrogen-bond donors (Lipinski definition) is 1. The van der Waals surface area contributed by atoms with Gasteiger partial charge in [0.15, 0.2) is 0 Å². The summed E-state index contributed by atoms with van der Waals surface area (Å²) in [5.74, 6) is -0.569. The second-order valence-electron chi connectivity index (χ2n) is 4.26. The fourth-order valence-corrected chi connectivity index (χ4v) is 2.81. The van der Waals surface area contributed by atoms with Gasteiger partial charge in [0.2, 0.25) is 0 Å². The quantitative estimate of drug-likeness (QED) is 0.870. The molecule has 0 saturated carbocycles. The number of nitrogens with zero attached hydrogens (tertiary/aromatic N) is 1. The van der Waals surface area contributed by atoms with E-state index < -0.39 is 17.6 Å². The van der Waals surface area contributed by atoms with Crippen molar-refractivity contribution in [1.29, 1.82) is 0 Å². The molecule has 0 radical (unpaired) electrons. The zero-order valence-corrected chi connectivity index (χ0v) is 13.2. The van der Waals surface area contributed by atoms with Crippen LogP contribution in [0, 0.1) is 6.92 Å². The average molecular weight is 379 g/mol. The Morgan fingerprint density at radius 2 is 2.14 bits per heavy atom. The number of aryl methyl sites for hydroxylation is 1. The molecule has 0 aliphatic heterocycles. The van der Waals surface area contributed by atoms with Crippen molar-refractivity contribution >= 4 is 33.2 Å². The maximum atomic E-state index is 12.8. The SMILES string of the molecule is Cc1csc(CNC(=O)c2ccc(Br)c(C(F)(F)F)c2)n1. The molecule has 0 saturated heterocycles. The van der Waals surface area contributed by atoms with Crippen molar-refractivity contribution in [3.8, 4) is 0 Å². The summed E-state index contributed by atoms with van der Waals surface area (Å²) in [7, 11) is 0. The molecule has 1 N–H and O–H groups in total. The number of amides is 1. The van der Waals surface area contributed by atoms with Crippen molar-refractivity contribution in [2.75, 3.05) is 0 Å². The van der Waals surface area contributed by atoms with E-state index in [0.717, 1.165) is 11.8 Å². The number of carbonyl (C=O) groups is 1. The fourth-order valence-electron chi connectivity index (χ4n) is 1.63. The number of rotatable bonds is 3. The van der Waals surface area contributed by atoms with Gasteiger partial charge in [-0.1, -0.05) is 15.9 Å². The molecule has 3 nitrogen and oxygen atoms in total. The van der Waals surface area contributed by atoms with Crippen LogP contribution in [-0.2, 0) is 12.7 Å². The maximum absolute atomic E-state index is 12.8. The molecule has 2 aromatic rings. The van der Waals surface area contributed by atoms with Crippen LogP contribution < -0.4 is 5.32 Å².